The molecule has 0 saturated carbocycles. The summed E-state index contributed by atoms with van der Waals surface area (Å²) in [5.41, 5.74) is 6.09. The first-order valence-corrected chi connectivity index (χ1v) is 6.08. The van der Waals surface area contributed by atoms with Gasteiger partial charge in [0.05, 0.1) is 18.2 Å². The third-order valence-corrected chi connectivity index (χ3v) is 2.60. The third-order valence-electron chi connectivity index (χ3n) is 2.60. The van der Waals surface area contributed by atoms with Crippen molar-refractivity contribution in [3.05, 3.63) is 36.0 Å². The molecular formula is C12H17N5O2. The van der Waals surface area contributed by atoms with Crippen LogP contribution in [0.25, 0.3) is 0 Å². The molecule has 0 saturated heterocycles. The van der Waals surface area contributed by atoms with Crippen LogP contribution >= 0.6 is 0 Å². The Morgan fingerprint density at radius 3 is 3.11 bits per heavy atom. The predicted octanol–water partition coefficient (Wildman–Crippen LogP) is 0.0772. The van der Waals surface area contributed by atoms with Crippen molar-refractivity contribution >= 4 is 5.91 Å². The molecule has 0 radical (unpaired) electrons. The van der Waals surface area contributed by atoms with Gasteiger partial charge in [0.1, 0.15) is 12.3 Å². The van der Waals surface area contributed by atoms with Gasteiger partial charge in [0.2, 0.25) is 5.91 Å². The molecule has 2 rings (SSSR count). The molecule has 7 heteroatoms. The topological polar surface area (TPSA) is 99.0 Å². The molecule has 7 nitrogen and oxygen atoms in total. The van der Waals surface area contributed by atoms with E-state index < -0.39 is 0 Å². The molecule has 0 aliphatic carbocycles. The first-order chi connectivity index (χ1) is 9.17. The maximum absolute atomic E-state index is 11.8. The number of carbonyl (C=O) groups excluding carboxylic acids is 1. The summed E-state index contributed by atoms with van der Waals surface area (Å²) in [5.74, 6) is 0.728. The Morgan fingerprint density at radius 2 is 2.47 bits per heavy atom. The second-order valence-electron chi connectivity index (χ2n) is 4.36. The number of aromatic nitrogens is 3. The van der Waals surface area contributed by atoms with E-state index in [4.69, 9.17) is 10.2 Å². The molecule has 1 amide bonds. The Morgan fingerprint density at radius 1 is 1.63 bits per heavy atom. The lowest BCUT2D eigenvalue weighted by Gasteiger charge is -2.12. The molecule has 3 N–H and O–H groups in total. The zero-order chi connectivity index (χ0) is 13.7. The quantitative estimate of drug-likeness (QED) is 0.768. The average Bonchev–Trinajstić information content (AvgIpc) is 3.00. The second kappa shape index (κ2) is 6.14. The fraction of sp³-hybridized carbons (Fsp3) is 0.417. The van der Waals surface area contributed by atoms with Crippen molar-refractivity contribution in [3.63, 3.8) is 0 Å². The molecule has 0 bridgehead atoms. The number of carbonyl (C=O) groups is 1. The number of nitrogens with two attached hydrogens (primary N) is 1. The van der Waals surface area contributed by atoms with Gasteiger partial charge >= 0.3 is 0 Å². The summed E-state index contributed by atoms with van der Waals surface area (Å²) in [6.07, 6.45) is 3.94. The van der Waals surface area contributed by atoms with Crippen LogP contribution in [0.3, 0.4) is 0 Å². The summed E-state index contributed by atoms with van der Waals surface area (Å²) in [4.78, 5) is 11.8. The molecule has 1 unspecified atom stereocenters. The maximum atomic E-state index is 11.8. The minimum absolute atomic E-state index is 0.00356. The molecule has 2 heterocycles. The molecule has 2 aromatic heterocycles. The maximum Gasteiger partial charge on any atom is 0.242 e. The van der Waals surface area contributed by atoms with Gasteiger partial charge in [0, 0.05) is 19.0 Å². The Labute approximate surface area is 110 Å². The van der Waals surface area contributed by atoms with E-state index in [0.717, 1.165) is 5.76 Å². The molecular weight excluding hydrogens is 246 g/mol. The van der Waals surface area contributed by atoms with Crippen LogP contribution in [0.1, 0.15) is 18.4 Å². The Hall–Kier alpha value is -2.15. The molecule has 0 spiro atoms. The number of rotatable bonds is 6. The molecule has 102 valence electrons. The van der Waals surface area contributed by atoms with E-state index in [0.29, 0.717) is 18.7 Å². The highest BCUT2D eigenvalue weighted by Gasteiger charge is 2.11. The van der Waals surface area contributed by atoms with Crippen molar-refractivity contribution in [1.29, 1.82) is 0 Å². The van der Waals surface area contributed by atoms with E-state index >= 15 is 0 Å². The first-order valence-electron chi connectivity index (χ1n) is 6.08. The number of hydrogen-bond donors (Lipinski definition) is 2. The average molecular weight is 263 g/mol. The normalized spacial score (nSPS) is 12.3. The highest BCUT2D eigenvalue weighted by Crippen LogP contribution is 2.03. The standard InChI is InChI=1S/C12H17N5O2/c1-9(5-11-3-2-4-19-11)14-12(18)8-17-7-10(6-13)15-16-17/h2-4,7,9H,5-6,8,13H2,1H3,(H,14,18). The lowest BCUT2D eigenvalue weighted by atomic mass is 10.2. The predicted molar refractivity (Wildman–Crippen MR) is 67.9 cm³/mol. The van der Waals surface area contributed by atoms with Crippen LogP contribution in [0.15, 0.2) is 29.0 Å². The summed E-state index contributed by atoms with van der Waals surface area (Å²) in [5, 5.41) is 10.5. The van der Waals surface area contributed by atoms with Gasteiger partial charge in [0.25, 0.3) is 0 Å². The number of nitrogens with zero attached hydrogens (tertiary/aromatic N) is 3. The highest BCUT2D eigenvalue weighted by molar-refractivity contribution is 5.75. The zero-order valence-corrected chi connectivity index (χ0v) is 10.7. The van der Waals surface area contributed by atoms with Crippen molar-refractivity contribution in [2.24, 2.45) is 5.73 Å². The number of furan rings is 1. The van der Waals surface area contributed by atoms with Gasteiger partial charge in [-0.15, -0.1) is 5.10 Å². The van der Waals surface area contributed by atoms with E-state index in [1.807, 2.05) is 19.1 Å². The lowest BCUT2D eigenvalue weighted by Crippen LogP contribution is -2.36. The van der Waals surface area contributed by atoms with Gasteiger partial charge in [-0.3, -0.25) is 4.79 Å². The van der Waals surface area contributed by atoms with Crippen LogP contribution in [0.5, 0.6) is 0 Å². The van der Waals surface area contributed by atoms with Crippen LogP contribution in [0.4, 0.5) is 0 Å². The summed E-state index contributed by atoms with van der Waals surface area (Å²) in [6, 6.07) is 3.71. The van der Waals surface area contributed by atoms with Gasteiger partial charge in [-0.05, 0) is 19.1 Å². The van der Waals surface area contributed by atoms with Crippen molar-refractivity contribution in [2.75, 3.05) is 0 Å². The van der Waals surface area contributed by atoms with Crippen LogP contribution < -0.4 is 11.1 Å². The Kier molecular flexibility index (Phi) is 4.30. The molecule has 2 aromatic rings. The molecule has 1 atom stereocenters. The highest BCUT2D eigenvalue weighted by atomic mass is 16.3. The van der Waals surface area contributed by atoms with Gasteiger partial charge in [0.15, 0.2) is 0 Å². The number of amides is 1. The monoisotopic (exact) mass is 263 g/mol. The molecule has 0 aliphatic heterocycles. The van der Waals surface area contributed by atoms with Crippen molar-refractivity contribution in [3.8, 4) is 0 Å². The largest absolute Gasteiger partial charge is 0.469 e. The van der Waals surface area contributed by atoms with Crippen molar-refractivity contribution < 1.29 is 9.21 Å². The molecule has 0 aromatic carbocycles. The van der Waals surface area contributed by atoms with E-state index in [1.54, 1.807) is 12.5 Å². The molecule has 0 fully saturated rings. The first kappa shape index (κ1) is 13.3. The minimum Gasteiger partial charge on any atom is -0.469 e. The summed E-state index contributed by atoms with van der Waals surface area (Å²) < 4.78 is 6.70. The van der Waals surface area contributed by atoms with E-state index in [-0.39, 0.29) is 18.5 Å². The second-order valence-corrected chi connectivity index (χ2v) is 4.36. The number of hydrogen-bond acceptors (Lipinski definition) is 5. The van der Waals surface area contributed by atoms with Crippen LogP contribution in [-0.4, -0.2) is 26.9 Å². The fourth-order valence-electron chi connectivity index (χ4n) is 1.76. The summed E-state index contributed by atoms with van der Waals surface area (Å²) in [7, 11) is 0. The number of nitrogens with one attached hydrogen (secondary N) is 1. The third kappa shape index (κ3) is 3.92. The van der Waals surface area contributed by atoms with Crippen LogP contribution in [0.2, 0.25) is 0 Å². The SMILES string of the molecule is CC(Cc1ccco1)NC(=O)Cn1cc(CN)nn1. The van der Waals surface area contributed by atoms with E-state index in [9.17, 15) is 4.79 Å². The van der Waals surface area contributed by atoms with E-state index in [2.05, 4.69) is 15.6 Å². The van der Waals surface area contributed by atoms with Crippen LogP contribution in [-0.2, 0) is 24.3 Å². The lowest BCUT2D eigenvalue weighted by molar-refractivity contribution is -0.122. The smallest absolute Gasteiger partial charge is 0.242 e. The molecule has 0 aliphatic rings. The van der Waals surface area contributed by atoms with Gasteiger partial charge in [-0.2, -0.15) is 0 Å². The minimum atomic E-state index is -0.118. The van der Waals surface area contributed by atoms with Gasteiger partial charge in [-0.1, -0.05) is 5.21 Å². The van der Waals surface area contributed by atoms with E-state index in [1.165, 1.54) is 4.68 Å². The van der Waals surface area contributed by atoms with Crippen LogP contribution in [0, 0.1) is 0 Å². The van der Waals surface area contributed by atoms with Crippen molar-refractivity contribution in [1.82, 2.24) is 20.3 Å². The molecule has 19 heavy (non-hydrogen) atoms. The van der Waals surface area contributed by atoms with Crippen molar-refractivity contribution in [2.45, 2.75) is 32.5 Å². The van der Waals surface area contributed by atoms with Gasteiger partial charge in [-0.25, -0.2) is 4.68 Å². The summed E-state index contributed by atoms with van der Waals surface area (Å²) in [6.45, 7) is 2.37. The fourth-order valence-corrected chi connectivity index (χ4v) is 1.76. The van der Waals surface area contributed by atoms with Gasteiger partial charge < -0.3 is 15.5 Å². The summed E-state index contributed by atoms with van der Waals surface area (Å²) >= 11 is 0. The Bertz CT molecular complexity index is 520. The Balaban J connectivity index is 1.80. The zero-order valence-electron chi connectivity index (χ0n) is 10.7.